The highest BCUT2D eigenvalue weighted by atomic mass is 16.5. The average molecular weight is 468 g/mol. The molecule has 0 radical (unpaired) electrons. The van der Waals surface area contributed by atoms with E-state index in [2.05, 4.69) is 76.9 Å². The summed E-state index contributed by atoms with van der Waals surface area (Å²) in [5.41, 5.74) is 14.0. The third kappa shape index (κ3) is 5.14. The molecule has 180 valence electrons. The molecule has 0 saturated heterocycles. The molecule has 5 rings (SSSR count). The lowest BCUT2D eigenvalue weighted by molar-refractivity contribution is 0.219. The summed E-state index contributed by atoms with van der Waals surface area (Å²) >= 11 is 0. The minimum absolute atomic E-state index is 0.534. The summed E-state index contributed by atoms with van der Waals surface area (Å²) in [5.74, 6) is 1.39. The highest BCUT2D eigenvalue weighted by Crippen LogP contribution is 2.37. The van der Waals surface area contributed by atoms with Gasteiger partial charge < -0.3 is 10.5 Å². The van der Waals surface area contributed by atoms with E-state index in [0.29, 0.717) is 19.1 Å². The Labute approximate surface area is 207 Å². The molecule has 0 fully saturated rings. The minimum Gasteiger partial charge on any atom is -0.489 e. The number of rotatable bonds is 8. The Balaban J connectivity index is 1.40. The molecule has 2 aromatic heterocycles. The van der Waals surface area contributed by atoms with Crippen LogP contribution in [0, 0.1) is 0 Å². The smallest absolute Gasteiger partial charge is 0.119 e. The number of nitrogens with zero attached hydrogens (tertiary/aromatic N) is 4. The molecule has 1 aliphatic heterocycles. The maximum absolute atomic E-state index is 6.09. The fraction of sp³-hybridized carbons (Fsp3) is 0.310. The van der Waals surface area contributed by atoms with Crippen molar-refractivity contribution in [2.45, 2.75) is 39.5 Å². The van der Waals surface area contributed by atoms with E-state index in [9.17, 15) is 0 Å². The van der Waals surface area contributed by atoms with Gasteiger partial charge in [-0.1, -0.05) is 50.2 Å². The molecule has 35 heavy (non-hydrogen) atoms. The topological polar surface area (TPSA) is 69.2 Å². The second-order valence-electron chi connectivity index (χ2n) is 9.40. The molecule has 0 spiro atoms. The lowest BCUT2D eigenvalue weighted by Gasteiger charge is -2.27. The van der Waals surface area contributed by atoms with Crippen LogP contribution in [0.15, 0.2) is 73.1 Å². The molecular weight excluding hydrogens is 434 g/mol. The average Bonchev–Trinajstić information content (AvgIpc) is 3.27. The first-order valence-corrected chi connectivity index (χ1v) is 12.4. The summed E-state index contributed by atoms with van der Waals surface area (Å²) in [7, 11) is 0. The van der Waals surface area contributed by atoms with Crippen LogP contribution < -0.4 is 10.5 Å². The van der Waals surface area contributed by atoms with Gasteiger partial charge in [0.1, 0.15) is 18.1 Å². The predicted molar refractivity (Wildman–Crippen MR) is 140 cm³/mol. The van der Waals surface area contributed by atoms with Gasteiger partial charge in [0.05, 0.1) is 12.2 Å². The van der Waals surface area contributed by atoms with Gasteiger partial charge in [-0.25, -0.2) is 0 Å². The summed E-state index contributed by atoms with van der Waals surface area (Å²) in [6, 6.07) is 21.1. The van der Waals surface area contributed by atoms with Crippen LogP contribution in [0.4, 0.5) is 0 Å². The zero-order valence-electron chi connectivity index (χ0n) is 20.5. The van der Waals surface area contributed by atoms with Crippen LogP contribution >= 0.6 is 0 Å². The molecule has 3 heterocycles. The Morgan fingerprint density at radius 2 is 1.66 bits per heavy atom. The van der Waals surface area contributed by atoms with Crippen molar-refractivity contribution in [3.63, 3.8) is 0 Å². The van der Waals surface area contributed by atoms with Crippen LogP contribution in [-0.2, 0) is 19.7 Å². The summed E-state index contributed by atoms with van der Waals surface area (Å²) in [6.45, 7) is 9.19. The molecule has 2 aromatic carbocycles. The Morgan fingerprint density at radius 1 is 0.914 bits per heavy atom. The molecule has 2 N–H and O–H groups in total. The van der Waals surface area contributed by atoms with Gasteiger partial charge >= 0.3 is 0 Å². The molecule has 4 aromatic rings. The van der Waals surface area contributed by atoms with E-state index >= 15 is 0 Å². The van der Waals surface area contributed by atoms with Gasteiger partial charge in [-0.15, -0.1) is 0 Å². The molecule has 0 amide bonds. The Kier molecular flexibility index (Phi) is 6.93. The molecule has 6 nitrogen and oxygen atoms in total. The number of ether oxygens (including phenoxy) is 1. The van der Waals surface area contributed by atoms with E-state index in [4.69, 9.17) is 15.6 Å². The van der Waals surface area contributed by atoms with E-state index in [1.54, 1.807) is 0 Å². The SMILES string of the molecule is CC(C)c1ccc(COc2ccc(-c3c(-c4ccncc4)nn4c3CN(CCN)CC4)cc2)cc1. The second-order valence-corrected chi connectivity index (χ2v) is 9.40. The van der Waals surface area contributed by atoms with E-state index in [-0.39, 0.29) is 0 Å². The number of benzene rings is 2. The largest absolute Gasteiger partial charge is 0.489 e. The molecule has 0 bridgehead atoms. The number of hydrogen-bond donors (Lipinski definition) is 1. The highest BCUT2D eigenvalue weighted by molar-refractivity contribution is 5.83. The first-order valence-electron chi connectivity index (χ1n) is 12.4. The lowest BCUT2D eigenvalue weighted by atomic mass is 9.98. The fourth-order valence-corrected chi connectivity index (χ4v) is 4.64. The van der Waals surface area contributed by atoms with E-state index in [1.165, 1.54) is 22.4 Å². The van der Waals surface area contributed by atoms with Gasteiger partial charge in [0.25, 0.3) is 0 Å². The predicted octanol–water partition coefficient (Wildman–Crippen LogP) is 5.09. The standard InChI is InChI=1S/C29H33N5O/c1-21(2)23-5-3-22(4-6-23)20-35-26-9-7-24(8-10-26)28-27-19-33(16-13-30)17-18-34(27)32-29(28)25-11-14-31-15-12-25/h3-12,14-15,21H,13,16-20,30H2,1-2H3. The second kappa shape index (κ2) is 10.4. The maximum Gasteiger partial charge on any atom is 0.119 e. The number of hydrogen-bond acceptors (Lipinski definition) is 5. The van der Waals surface area contributed by atoms with Crippen LogP contribution in [0.5, 0.6) is 5.75 Å². The Hall–Kier alpha value is -3.48. The van der Waals surface area contributed by atoms with Crippen molar-refractivity contribution < 1.29 is 4.74 Å². The van der Waals surface area contributed by atoms with Crippen LogP contribution in [0.25, 0.3) is 22.4 Å². The number of nitrogens with two attached hydrogens (primary N) is 1. The maximum atomic E-state index is 6.09. The zero-order valence-corrected chi connectivity index (χ0v) is 20.5. The molecule has 1 aliphatic rings. The third-order valence-corrected chi connectivity index (χ3v) is 6.65. The van der Waals surface area contributed by atoms with E-state index < -0.39 is 0 Å². The minimum atomic E-state index is 0.534. The summed E-state index contributed by atoms with van der Waals surface area (Å²) in [6.07, 6.45) is 3.64. The number of pyridine rings is 1. The van der Waals surface area contributed by atoms with Crippen LogP contribution in [0.2, 0.25) is 0 Å². The van der Waals surface area contributed by atoms with Gasteiger partial charge in [-0.3, -0.25) is 14.6 Å². The van der Waals surface area contributed by atoms with Crippen LogP contribution in [0.1, 0.15) is 36.6 Å². The molecule has 6 heteroatoms. The zero-order chi connectivity index (χ0) is 24.2. The van der Waals surface area contributed by atoms with Crippen molar-refractivity contribution in [1.29, 1.82) is 0 Å². The monoisotopic (exact) mass is 467 g/mol. The van der Waals surface area contributed by atoms with Crippen molar-refractivity contribution >= 4 is 0 Å². The van der Waals surface area contributed by atoms with E-state index in [0.717, 1.165) is 48.7 Å². The van der Waals surface area contributed by atoms with Crippen LogP contribution in [-0.4, -0.2) is 39.3 Å². The summed E-state index contributed by atoms with van der Waals surface area (Å²) in [5, 5.41) is 5.01. The summed E-state index contributed by atoms with van der Waals surface area (Å²) < 4.78 is 8.25. The van der Waals surface area contributed by atoms with Gasteiger partial charge in [-0.2, -0.15) is 5.10 Å². The van der Waals surface area contributed by atoms with Crippen molar-refractivity contribution in [3.05, 3.63) is 89.9 Å². The first-order chi connectivity index (χ1) is 17.1. The molecule has 0 atom stereocenters. The fourth-order valence-electron chi connectivity index (χ4n) is 4.64. The summed E-state index contributed by atoms with van der Waals surface area (Å²) in [4.78, 5) is 6.59. The third-order valence-electron chi connectivity index (χ3n) is 6.65. The highest BCUT2D eigenvalue weighted by Gasteiger charge is 2.25. The van der Waals surface area contributed by atoms with Gasteiger partial charge in [0.15, 0.2) is 0 Å². The van der Waals surface area contributed by atoms with E-state index in [1.807, 2.05) is 24.5 Å². The Bertz CT molecular complexity index is 1250. The van der Waals surface area contributed by atoms with Gasteiger partial charge in [0.2, 0.25) is 0 Å². The lowest BCUT2D eigenvalue weighted by Crippen LogP contribution is -2.37. The quantitative estimate of drug-likeness (QED) is 0.391. The van der Waals surface area contributed by atoms with Gasteiger partial charge in [0, 0.05) is 49.7 Å². The van der Waals surface area contributed by atoms with Crippen molar-refractivity contribution in [2.75, 3.05) is 19.6 Å². The van der Waals surface area contributed by atoms with Crippen molar-refractivity contribution in [3.8, 4) is 28.1 Å². The Morgan fingerprint density at radius 3 is 2.34 bits per heavy atom. The normalized spacial score (nSPS) is 13.7. The van der Waals surface area contributed by atoms with Crippen molar-refractivity contribution in [1.82, 2.24) is 19.7 Å². The van der Waals surface area contributed by atoms with Crippen LogP contribution in [0.3, 0.4) is 0 Å². The number of aromatic nitrogens is 3. The number of fused-ring (bicyclic) bond motifs is 1. The molecule has 0 unspecified atom stereocenters. The molecule has 0 saturated carbocycles. The molecular formula is C29H33N5O. The van der Waals surface area contributed by atoms with Gasteiger partial charge in [-0.05, 0) is 46.9 Å². The van der Waals surface area contributed by atoms with Crippen molar-refractivity contribution in [2.24, 2.45) is 5.73 Å². The first kappa shape index (κ1) is 23.3. The molecule has 0 aliphatic carbocycles.